The number of aliphatic hydroxyl groups is 3. The molecule has 7 unspecified atom stereocenters. The molecule has 0 saturated heterocycles. The lowest BCUT2D eigenvalue weighted by Crippen LogP contribution is -2.58. The van der Waals surface area contributed by atoms with E-state index in [-0.39, 0.29) is 72.0 Å². The Labute approximate surface area is 404 Å². The molecule has 11 heteroatoms. The van der Waals surface area contributed by atoms with E-state index in [1.54, 1.807) is 12.1 Å². The van der Waals surface area contributed by atoms with E-state index < -0.39 is 54.7 Å². The topological polar surface area (TPSA) is 162 Å². The minimum atomic E-state index is -1.26. The van der Waals surface area contributed by atoms with Crippen LogP contribution in [-0.4, -0.2) is 59.0 Å². The molecule has 0 radical (unpaired) electrons. The van der Waals surface area contributed by atoms with Crippen LogP contribution in [0.3, 0.4) is 0 Å². The maximum Gasteiger partial charge on any atom is 0.340 e. The smallest absolute Gasteiger partial charge is 0.340 e. The average Bonchev–Trinajstić information content (AvgIpc) is 3.90. The van der Waals surface area contributed by atoms with Crippen LogP contribution in [0.2, 0.25) is 0 Å². The number of fused-ring (bicyclic) bond motifs is 11. The molecule has 1 aromatic heterocycles. The normalized spacial score (nSPS) is 24.7. The lowest BCUT2D eigenvalue weighted by atomic mass is 9.68. The number of allylic oxidation sites excluding steroid dienone is 1. The van der Waals surface area contributed by atoms with Crippen molar-refractivity contribution >= 4 is 22.9 Å². The Bertz CT molecular complexity index is 2710. The van der Waals surface area contributed by atoms with E-state index in [1.165, 1.54) is 22.3 Å². The van der Waals surface area contributed by atoms with Crippen LogP contribution in [0, 0.1) is 11.8 Å². The van der Waals surface area contributed by atoms with Crippen LogP contribution in [0.1, 0.15) is 153 Å². The van der Waals surface area contributed by atoms with Gasteiger partial charge in [-0.15, -0.1) is 0 Å². The number of hydrogen-bond donors (Lipinski definition) is 3. The van der Waals surface area contributed by atoms with Gasteiger partial charge in [-0.25, -0.2) is 9.59 Å². The predicted molar refractivity (Wildman–Crippen MR) is 262 cm³/mol. The first-order valence-electron chi connectivity index (χ1n) is 25.0. The zero-order valence-corrected chi connectivity index (χ0v) is 40.1. The molecule has 11 nitrogen and oxygen atoms in total. The highest BCUT2D eigenvalue weighted by Crippen LogP contribution is 2.53. The van der Waals surface area contributed by atoms with Gasteiger partial charge in [0.25, 0.3) is 0 Å². The van der Waals surface area contributed by atoms with E-state index >= 15 is 4.79 Å². The molecule has 2 saturated carbocycles. The molecule has 7 atom stereocenters. The maximum absolute atomic E-state index is 15.2. The standard InChI is InChI=1S/C58H66O11/c1-35(2)45-22-18-36-16-19-39(20-17-36)46-23-21-41(40-13-9-12-38(29-40)28-37-10-5-4-6-11-37)30-43(46)31-50(62)66-54-52-49(69-58(3,44-14-7-8-15-44)55(54)68-56(45)63)25-24-47-48(32-60)51(57(64)67-53(47)52)42(26-27-59)33-65-34-61/h4-6,9-13,16-17,19-20,24-25,29,41-44,46,54-55,59-61H,7-8,14-15,18,21-23,26-28,30-34H2,1-3H3. The molecule has 4 aromatic carbocycles. The molecule has 0 spiro atoms. The van der Waals surface area contributed by atoms with Gasteiger partial charge in [0.15, 0.2) is 12.2 Å². The number of esters is 2. The molecule has 2 aliphatic carbocycles. The Morgan fingerprint density at radius 1 is 0.826 bits per heavy atom. The second-order valence-corrected chi connectivity index (χ2v) is 20.2. The summed E-state index contributed by atoms with van der Waals surface area (Å²) in [7, 11) is 0. The third kappa shape index (κ3) is 10.1. The summed E-state index contributed by atoms with van der Waals surface area (Å²) in [6.07, 6.45) is 5.82. The van der Waals surface area contributed by atoms with Crippen molar-refractivity contribution in [2.24, 2.45) is 11.8 Å². The summed E-state index contributed by atoms with van der Waals surface area (Å²) in [5.41, 5.74) is 6.11. The SMILES string of the molecule is CC(C)=C1CCc2ccc(cc2)C2CCC(c3cccc(Cc4ccccc4)c3)CC2CC(=O)OC2c3c(ccc4c(CO)c(C(CCO)COCO)c(=O)oc34)OC(C)(C3CCCC3)C2OC1=O. The van der Waals surface area contributed by atoms with E-state index in [0.29, 0.717) is 29.6 Å². The summed E-state index contributed by atoms with van der Waals surface area (Å²) in [5, 5.41) is 30.9. The molecule has 364 valence electrons. The fourth-order valence-electron chi connectivity index (χ4n) is 12.2. The molecule has 10 rings (SSSR count). The summed E-state index contributed by atoms with van der Waals surface area (Å²) in [6.45, 7) is 4.20. The van der Waals surface area contributed by atoms with Crippen LogP contribution in [0.5, 0.6) is 5.75 Å². The van der Waals surface area contributed by atoms with Crippen molar-refractivity contribution in [1.29, 1.82) is 0 Å². The molecule has 5 aromatic rings. The Balaban J connectivity index is 1.16. The third-order valence-corrected chi connectivity index (χ3v) is 15.8. The van der Waals surface area contributed by atoms with Crippen LogP contribution in [-0.2, 0) is 43.2 Å². The molecule has 3 N–H and O–H groups in total. The third-order valence-electron chi connectivity index (χ3n) is 15.8. The number of rotatable bonds is 11. The number of ether oxygens (including phenoxy) is 4. The fraction of sp³-hybridized carbons (Fsp3) is 0.466. The number of carbonyl (C=O) groups is 2. The van der Waals surface area contributed by atoms with Gasteiger partial charge >= 0.3 is 17.6 Å². The van der Waals surface area contributed by atoms with Gasteiger partial charge in [0.05, 0.1) is 18.8 Å². The lowest BCUT2D eigenvalue weighted by Gasteiger charge is -2.48. The Morgan fingerprint density at radius 3 is 2.32 bits per heavy atom. The molecular weight excluding hydrogens is 873 g/mol. The van der Waals surface area contributed by atoms with Crippen molar-refractivity contribution in [3.8, 4) is 5.75 Å². The molecule has 2 fully saturated rings. The van der Waals surface area contributed by atoms with Crippen molar-refractivity contribution in [3.63, 3.8) is 0 Å². The van der Waals surface area contributed by atoms with Crippen LogP contribution < -0.4 is 10.4 Å². The zero-order chi connectivity index (χ0) is 48.2. The Kier molecular flexibility index (Phi) is 14.9. The molecule has 69 heavy (non-hydrogen) atoms. The number of carbonyl (C=O) groups excluding carboxylic acids is 2. The molecular formula is C58H66O11. The van der Waals surface area contributed by atoms with Gasteiger partial charge in [0.1, 0.15) is 23.7 Å². The van der Waals surface area contributed by atoms with E-state index in [9.17, 15) is 24.9 Å². The number of hydrogen-bond acceptors (Lipinski definition) is 11. The average molecular weight is 939 g/mol. The summed E-state index contributed by atoms with van der Waals surface area (Å²) < 4.78 is 32.3. The van der Waals surface area contributed by atoms with E-state index in [1.807, 2.05) is 26.8 Å². The van der Waals surface area contributed by atoms with Crippen molar-refractivity contribution in [1.82, 2.24) is 0 Å². The van der Waals surface area contributed by atoms with E-state index in [2.05, 4.69) is 72.8 Å². The monoisotopic (exact) mass is 938 g/mol. The Morgan fingerprint density at radius 2 is 1.59 bits per heavy atom. The first-order valence-corrected chi connectivity index (χ1v) is 25.0. The van der Waals surface area contributed by atoms with Crippen molar-refractivity contribution in [3.05, 3.63) is 157 Å². The van der Waals surface area contributed by atoms with E-state index in [4.69, 9.17) is 23.4 Å². The summed E-state index contributed by atoms with van der Waals surface area (Å²) in [4.78, 5) is 44.3. The van der Waals surface area contributed by atoms with Crippen molar-refractivity contribution in [2.45, 2.75) is 140 Å². The van der Waals surface area contributed by atoms with E-state index in [0.717, 1.165) is 62.5 Å². The number of aryl methyl sites for hydroxylation is 1. The van der Waals surface area contributed by atoms with Crippen LogP contribution in [0.15, 0.2) is 111 Å². The number of benzene rings is 4. The summed E-state index contributed by atoms with van der Waals surface area (Å²) in [5.74, 6) is -1.23. The fourth-order valence-corrected chi connectivity index (χ4v) is 12.2. The quantitative estimate of drug-likeness (QED) is 0.0500. The van der Waals surface area contributed by atoms with Gasteiger partial charge in [0.2, 0.25) is 0 Å². The van der Waals surface area contributed by atoms with Gasteiger partial charge < -0.3 is 38.7 Å². The van der Waals surface area contributed by atoms with Gasteiger partial charge in [-0.05, 0) is 142 Å². The van der Waals surface area contributed by atoms with Gasteiger partial charge in [-0.3, -0.25) is 4.79 Å². The van der Waals surface area contributed by atoms with Crippen LogP contribution in [0.25, 0.3) is 11.0 Å². The zero-order valence-electron chi connectivity index (χ0n) is 40.1. The number of aliphatic hydroxyl groups excluding tert-OH is 3. The molecule has 4 heterocycles. The first-order chi connectivity index (χ1) is 33.5. The summed E-state index contributed by atoms with van der Waals surface area (Å²) >= 11 is 0. The predicted octanol–water partition coefficient (Wildman–Crippen LogP) is 10.2. The van der Waals surface area contributed by atoms with Crippen LogP contribution in [0.4, 0.5) is 0 Å². The molecule has 2 bridgehead atoms. The largest absolute Gasteiger partial charge is 0.483 e. The van der Waals surface area contributed by atoms with Crippen LogP contribution >= 0.6 is 0 Å². The lowest BCUT2D eigenvalue weighted by molar-refractivity contribution is -0.199. The molecule has 3 aliphatic heterocycles. The minimum absolute atomic E-state index is 0.0471. The second kappa shape index (κ2) is 21.2. The molecule has 5 aliphatic rings. The highest BCUT2D eigenvalue weighted by atomic mass is 16.6. The highest BCUT2D eigenvalue weighted by Gasteiger charge is 2.57. The Hall–Kier alpha value is -5.59. The van der Waals surface area contributed by atoms with Gasteiger partial charge in [-0.2, -0.15) is 0 Å². The summed E-state index contributed by atoms with van der Waals surface area (Å²) in [6, 6.07) is 31.5. The first kappa shape index (κ1) is 48.4. The minimum Gasteiger partial charge on any atom is -0.483 e. The van der Waals surface area contributed by atoms with Crippen molar-refractivity contribution in [2.75, 3.05) is 20.0 Å². The van der Waals surface area contributed by atoms with Gasteiger partial charge in [0, 0.05) is 41.4 Å². The molecule has 0 amide bonds. The second-order valence-electron chi connectivity index (χ2n) is 20.2. The highest BCUT2D eigenvalue weighted by molar-refractivity contribution is 5.90. The van der Waals surface area contributed by atoms with Crippen molar-refractivity contribution < 1.29 is 48.3 Å². The van der Waals surface area contributed by atoms with Gasteiger partial charge in [-0.1, -0.05) is 97.3 Å². The maximum atomic E-state index is 15.2.